The van der Waals surface area contributed by atoms with E-state index < -0.39 is 0 Å². The predicted molar refractivity (Wildman–Crippen MR) is 84.8 cm³/mol. The van der Waals surface area contributed by atoms with Gasteiger partial charge in [0.05, 0.1) is 6.10 Å². The molecule has 1 N–H and O–H groups in total. The zero-order chi connectivity index (χ0) is 16.3. The standard InChI is InChI=1S/C17H24N2O3/c1-11-6-5-7-12(2)15(11)16(20)18-10-13-8-9-14(22-13)17(21)19(3)4/h5-7,13-14H,8-10H2,1-4H3,(H,18,20)/t13-,14-/m1/s1. The Morgan fingerprint density at radius 2 is 1.86 bits per heavy atom. The molecule has 0 aliphatic carbocycles. The Balaban J connectivity index is 1.89. The molecule has 1 fully saturated rings. The molecule has 1 aliphatic rings. The second-order valence-corrected chi connectivity index (χ2v) is 6.03. The smallest absolute Gasteiger partial charge is 0.251 e. The van der Waals surface area contributed by atoms with Gasteiger partial charge in [-0.15, -0.1) is 0 Å². The van der Waals surface area contributed by atoms with Gasteiger partial charge >= 0.3 is 0 Å². The van der Waals surface area contributed by atoms with Crippen LogP contribution in [0.15, 0.2) is 18.2 Å². The molecule has 120 valence electrons. The molecule has 5 nitrogen and oxygen atoms in total. The average Bonchev–Trinajstić information content (AvgIpc) is 2.92. The van der Waals surface area contributed by atoms with Crippen LogP contribution in [0, 0.1) is 13.8 Å². The van der Waals surface area contributed by atoms with Crippen molar-refractivity contribution in [3.05, 3.63) is 34.9 Å². The van der Waals surface area contributed by atoms with Crippen molar-refractivity contribution in [3.63, 3.8) is 0 Å². The minimum Gasteiger partial charge on any atom is -0.363 e. The summed E-state index contributed by atoms with van der Waals surface area (Å²) in [6, 6.07) is 5.80. The lowest BCUT2D eigenvalue weighted by Crippen LogP contribution is -2.36. The van der Waals surface area contributed by atoms with Gasteiger partial charge in [0.2, 0.25) is 0 Å². The number of nitrogens with one attached hydrogen (secondary N) is 1. The average molecular weight is 304 g/mol. The van der Waals surface area contributed by atoms with Gasteiger partial charge < -0.3 is 15.0 Å². The first-order valence-corrected chi connectivity index (χ1v) is 7.61. The SMILES string of the molecule is Cc1cccc(C)c1C(=O)NC[C@H]1CC[C@H](C(=O)N(C)C)O1. The number of rotatable bonds is 4. The molecule has 0 unspecified atom stereocenters. The van der Waals surface area contributed by atoms with Gasteiger partial charge in [0.25, 0.3) is 11.8 Å². The highest BCUT2D eigenvalue weighted by molar-refractivity contribution is 5.97. The third kappa shape index (κ3) is 3.65. The second kappa shape index (κ2) is 6.92. The first-order chi connectivity index (χ1) is 10.4. The van der Waals surface area contributed by atoms with E-state index in [2.05, 4.69) is 5.32 Å². The summed E-state index contributed by atoms with van der Waals surface area (Å²) in [6.45, 7) is 4.29. The molecule has 1 heterocycles. The highest BCUT2D eigenvalue weighted by Crippen LogP contribution is 2.21. The fourth-order valence-corrected chi connectivity index (χ4v) is 2.79. The summed E-state index contributed by atoms with van der Waals surface area (Å²) in [7, 11) is 3.45. The Morgan fingerprint density at radius 3 is 2.45 bits per heavy atom. The molecule has 0 spiro atoms. The molecule has 1 saturated heterocycles. The van der Waals surface area contributed by atoms with Crippen LogP contribution < -0.4 is 5.32 Å². The van der Waals surface area contributed by atoms with E-state index in [4.69, 9.17) is 4.74 Å². The summed E-state index contributed by atoms with van der Waals surface area (Å²) < 4.78 is 5.73. The highest BCUT2D eigenvalue weighted by atomic mass is 16.5. The van der Waals surface area contributed by atoms with Gasteiger partial charge in [0.15, 0.2) is 0 Å². The largest absolute Gasteiger partial charge is 0.363 e. The maximum Gasteiger partial charge on any atom is 0.251 e. The summed E-state index contributed by atoms with van der Waals surface area (Å²) in [4.78, 5) is 25.7. The van der Waals surface area contributed by atoms with E-state index >= 15 is 0 Å². The number of hydrogen-bond donors (Lipinski definition) is 1. The van der Waals surface area contributed by atoms with Crippen LogP contribution in [0.3, 0.4) is 0 Å². The van der Waals surface area contributed by atoms with Crippen LogP contribution in [0.4, 0.5) is 0 Å². The number of ether oxygens (including phenoxy) is 1. The van der Waals surface area contributed by atoms with E-state index in [1.807, 2.05) is 32.0 Å². The third-order valence-corrected chi connectivity index (χ3v) is 4.02. The van der Waals surface area contributed by atoms with Gasteiger partial charge in [0.1, 0.15) is 6.10 Å². The second-order valence-electron chi connectivity index (χ2n) is 6.03. The Kier molecular flexibility index (Phi) is 5.19. The Labute approximate surface area is 131 Å². The number of nitrogens with zero attached hydrogens (tertiary/aromatic N) is 1. The van der Waals surface area contributed by atoms with E-state index in [1.165, 1.54) is 0 Å². The Morgan fingerprint density at radius 1 is 1.23 bits per heavy atom. The molecule has 2 amide bonds. The highest BCUT2D eigenvalue weighted by Gasteiger charge is 2.31. The van der Waals surface area contributed by atoms with Crippen molar-refractivity contribution < 1.29 is 14.3 Å². The summed E-state index contributed by atoms with van der Waals surface area (Å²) in [5.41, 5.74) is 2.65. The first kappa shape index (κ1) is 16.5. The van der Waals surface area contributed by atoms with Crippen molar-refractivity contribution in [2.45, 2.75) is 38.9 Å². The molecule has 22 heavy (non-hydrogen) atoms. The maximum atomic E-state index is 12.3. The lowest BCUT2D eigenvalue weighted by Gasteiger charge is -2.18. The topological polar surface area (TPSA) is 58.6 Å². The number of carbonyl (C=O) groups is 2. The number of hydrogen-bond acceptors (Lipinski definition) is 3. The molecule has 0 bridgehead atoms. The fourth-order valence-electron chi connectivity index (χ4n) is 2.79. The molecule has 0 aromatic heterocycles. The number of likely N-dealkylation sites (N-methyl/N-ethyl adjacent to an activating group) is 1. The molecular weight excluding hydrogens is 280 g/mol. The molecule has 0 radical (unpaired) electrons. The van der Waals surface area contributed by atoms with Gasteiger partial charge in [-0.1, -0.05) is 18.2 Å². The quantitative estimate of drug-likeness (QED) is 0.920. The van der Waals surface area contributed by atoms with Crippen LogP contribution in [-0.2, 0) is 9.53 Å². The van der Waals surface area contributed by atoms with Crippen LogP contribution in [0.5, 0.6) is 0 Å². The van der Waals surface area contributed by atoms with E-state index in [9.17, 15) is 9.59 Å². The van der Waals surface area contributed by atoms with Crippen molar-refractivity contribution in [3.8, 4) is 0 Å². The summed E-state index contributed by atoms with van der Waals surface area (Å²) in [5, 5.41) is 2.92. The van der Waals surface area contributed by atoms with Crippen molar-refractivity contribution >= 4 is 11.8 Å². The predicted octanol–water partition coefficient (Wildman–Crippen LogP) is 1.67. The summed E-state index contributed by atoms with van der Waals surface area (Å²) >= 11 is 0. The van der Waals surface area contributed by atoms with Gasteiger partial charge in [-0.2, -0.15) is 0 Å². The number of aryl methyl sites for hydroxylation is 2. The van der Waals surface area contributed by atoms with E-state index in [-0.39, 0.29) is 24.0 Å². The fraction of sp³-hybridized carbons (Fsp3) is 0.529. The van der Waals surface area contributed by atoms with Crippen LogP contribution >= 0.6 is 0 Å². The van der Waals surface area contributed by atoms with E-state index in [0.29, 0.717) is 13.0 Å². The Hall–Kier alpha value is -1.88. The molecule has 1 aliphatic heterocycles. The lowest BCUT2D eigenvalue weighted by atomic mass is 10.0. The molecule has 2 rings (SSSR count). The van der Waals surface area contributed by atoms with Gasteiger partial charge in [-0.25, -0.2) is 0 Å². The molecule has 5 heteroatoms. The minimum atomic E-state index is -0.378. The molecule has 0 saturated carbocycles. The number of benzene rings is 1. The third-order valence-electron chi connectivity index (χ3n) is 4.02. The number of amides is 2. The zero-order valence-electron chi connectivity index (χ0n) is 13.7. The van der Waals surface area contributed by atoms with Gasteiger partial charge in [0, 0.05) is 26.2 Å². The Bertz CT molecular complexity index is 549. The van der Waals surface area contributed by atoms with Crippen LogP contribution in [-0.4, -0.2) is 49.6 Å². The normalized spacial score (nSPS) is 20.7. The minimum absolute atomic E-state index is 0.0106. The van der Waals surface area contributed by atoms with Gasteiger partial charge in [-0.3, -0.25) is 9.59 Å². The zero-order valence-corrected chi connectivity index (χ0v) is 13.7. The molecule has 1 aromatic carbocycles. The number of carbonyl (C=O) groups excluding carboxylic acids is 2. The summed E-state index contributed by atoms with van der Waals surface area (Å²) in [5.74, 6) is -0.0924. The van der Waals surface area contributed by atoms with Crippen LogP contribution in [0.2, 0.25) is 0 Å². The van der Waals surface area contributed by atoms with Crippen molar-refractivity contribution in [2.75, 3.05) is 20.6 Å². The lowest BCUT2D eigenvalue weighted by molar-refractivity contribution is -0.140. The van der Waals surface area contributed by atoms with Crippen LogP contribution in [0.25, 0.3) is 0 Å². The van der Waals surface area contributed by atoms with Crippen LogP contribution in [0.1, 0.15) is 34.3 Å². The van der Waals surface area contributed by atoms with Gasteiger partial charge in [-0.05, 0) is 37.8 Å². The molecule has 2 atom stereocenters. The first-order valence-electron chi connectivity index (χ1n) is 7.61. The van der Waals surface area contributed by atoms with E-state index in [1.54, 1.807) is 19.0 Å². The van der Waals surface area contributed by atoms with Crippen molar-refractivity contribution in [1.29, 1.82) is 0 Å². The summed E-state index contributed by atoms with van der Waals surface area (Å²) in [6.07, 6.45) is 1.03. The van der Waals surface area contributed by atoms with Crippen molar-refractivity contribution in [2.24, 2.45) is 0 Å². The maximum absolute atomic E-state index is 12.3. The molecular formula is C17H24N2O3. The van der Waals surface area contributed by atoms with Crippen molar-refractivity contribution in [1.82, 2.24) is 10.2 Å². The molecule has 1 aromatic rings. The van der Waals surface area contributed by atoms with E-state index in [0.717, 1.165) is 23.1 Å². The monoisotopic (exact) mass is 304 g/mol.